The minimum atomic E-state index is -0.822. The Morgan fingerprint density at radius 3 is 1.25 bits per heavy atom. The minimum absolute atomic E-state index is 0. The van der Waals surface area contributed by atoms with E-state index in [9.17, 15) is 34.5 Å². The molecule has 8 rings (SSSR count). The minimum Gasteiger partial charge on any atom is -0.870 e. The number of aryl methyl sites for hydroxylation is 4. The van der Waals surface area contributed by atoms with Crippen molar-refractivity contribution in [1.82, 2.24) is 0 Å². The van der Waals surface area contributed by atoms with E-state index in [0.29, 0.717) is 18.4 Å². The molecular weight excluding hydrogens is 1090 g/mol. The van der Waals surface area contributed by atoms with Crippen LogP contribution >= 0.6 is 41.3 Å². The number of fused-ring (bicyclic) bond motifs is 1. The number of carboxylic acid groups (broad SMARTS) is 3. The largest absolute Gasteiger partial charge is 0.870 e. The van der Waals surface area contributed by atoms with Crippen LogP contribution < -0.4 is 0 Å². The number of hydrogen-bond donors (Lipinski definition) is 5. The van der Waals surface area contributed by atoms with Crippen molar-refractivity contribution in [3.8, 4) is 0 Å². The van der Waals surface area contributed by atoms with Gasteiger partial charge in [-0.25, -0.2) is 0 Å². The second-order valence-corrected chi connectivity index (χ2v) is 22.2. The second-order valence-electron chi connectivity index (χ2n) is 21.9. The molecule has 0 bridgehead atoms. The molecule has 3 aromatic carbocycles. The molecule has 80 heavy (non-hydrogen) atoms. The van der Waals surface area contributed by atoms with Crippen LogP contribution in [0.2, 0.25) is 0 Å². The van der Waals surface area contributed by atoms with Crippen LogP contribution in [0.1, 0.15) is 142 Å². The number of halogens is 1. The van der Waals surface area contributed by atoms with E-state index >= 15 is 0 Å². The molecule has 16 heteroatoms. The van der Waals surface area contributed by atoms with Gasteiger partial charge < -0.3 is 40.5 Å². The standard InChI is InChI=1S/C18H24O3.2C10H16O3.C10H14O2.C8H9Cl.C8H10.H2O.3H3P.H2/c1-12-4-7-15(8-5-12)11-21-17-10-13(2)6-9-16(17)14(3)18(19)20;2*1-6-3-4-8(9(11)5-6)7(2)10(12)13;1-6-3-4-8-7(2)10(11)12-9(8)5-6;1-7-2-4-8(6-9)5-3-7;1-7-3-5-8(2)6-4-7;;;;;/h4-5,7-8,10,14,16-17H,6,9,11H2,1-3H3,(H,19,20);2*5,7-9,11H,3-4H2,1-2H3,(H,12,13);5,7-9H,3-4H2,1-2H3;2-5H,6H2,1H3;3-6H,1-2H3;1H2;3*1H3;1H/p-1/t14-,16-,17-;3*7-,8-,9-;;;;;;;/m0000......./s1. The number of ether oxygens (including phenoxy) is 2. The predicted octanol–water partition coefficient (Wildman–Crippen LogP) is 14.0. The molecule has 0 amide bonds. The number of allylic oxidation sites excluding steroid dienone is 4. The van der Waals surface area contributed by atoms with Crippen molar-refractivity contribution >= 4 is 65.2 Å². The van der Waals surface area contributed by atoms with E-state index in [1.807, 2.05) is 32.9 Å². The van der Waals surface area contributed by atoms with Gasteiger partial charge in [-0.3, -0.25) is 19.2 Å². The predicted molar refractivity (Wildman–Crippen MR) is 341 cm³/mol. The van der Waals surface area contributed by atoms with Crippen molar-refractivity contribution < 1.29 is 61.1 Å². The van der Waals surface area contributed by atoms with Crippen LogP contribution in [0.4, 0.5) is 0 Å². The average molecular weight is 1190 g/mol. The van der Waals surface area contributed by atoms with Gasteiger partial charge in [-0.1, -0.05) is 163 Å². The molecule has 4 aliphatic carbocycles. The Hall–Kier alpha value is -4.08. The lowest BCUT2D eigenvalue weighted by Crippen LogP contribution is -2.34. The number of carboxylic acids is 3. The zero-order valence-electron chi connectivity index (χ0n) is 49.9. The summed E-state index contributed by atoms with van der Waals surface area (Å²) in [6.07, 6.45) is 14.0. The third-order valence-electron chi connectivity index (χ3n) is 15.4. The van der Waals surface area contributed by atoms with E-state index in [-0.39, 0.29) is 84.4 Å². The lowest BCUT2D eigenvalue weighted by Gasteiger charge is -2.32. The molecule has 3 unspecified atom stereocenters. The Kier molecular flexibility index (Phi) is 38.4. The molecule has 12 nitrogen and oxygen atoms in total. The molecule has 1 fully saturated rings. The average Bonchev–Trinajstić information content (AvgIpc) is 3.66. The van der Waals surface area contributed by atoms with Crippen LogP contribution in [0.5, 0.6) is 0 Å². The highest BCUT2D eigenvalue weighted by Gasteiger charge is 2.42. The van der Waals surface area contributed by atoms with Gasteiger partial charge in [0.2, 0.25) is 0 Å². The van der Waals surface area contributed by atoms with E-state index in [0.717, 1.165) is 68.1 Å². The summed E-state index contributed by atoms with van der Waals surface area (Å²) in [6, 6.07) is 25.0. The first-order valence-electron chi connectivity index (χ1n) is 27.1. The fraction of sp³-hybridized carbons (Fsp3) is 0.531. The first kappa shape index (κ1) is 78.0. The van der Waals surface area contributed by atoms with E-state index in [4.69, 9.17) is 31.3 Å². The molecule has 5 aliphatic rings. The Morgan fingerprint density at radius 2 is 0.875 bits per heavy atom. The van der Waals surface area contributed by atoms with Crippen LogP contribution in [0.15, 0.2) is 119 Å². The highest BCUT2D eigenvalue weighted by molar-refractivity contribution is 6.92. The Morgan fingerprint density at radius 1 is 0.550 bits per heavy atom. The van der Waals surface area contributed by atoms with Gasteiger partial charge in [0.15, 0.2) is 0 Å². The third kappa shape index (κ3) is 26.9. The van der Waals surface area contributed by atoms with Gasteiger partial charge in [-0.05, 0) is 124 Å². The number of hydrogen-bond acceptors (Lipinski definition) is 9. The van der Waals surface area contributed by atoms with Gasteiger partial charge in [0.25, 0.3) is 0 Å². The molecular formula is C64H101ClO12P3-. The van der Waals surface area contributed by atoms with Gasteiger partial charge in [0, 0.05) is 31.0 Å². The lowest BCUT2D eigenvalue weighted by molar-refractivity contribution is -0.146. The second kappa shape index (κ2) is 39.4. The van der Waals surface area contributed by atoms with E-state index < -0.39 is 42.0 Å². The number of esters is 1. The molecule has 1 saturated heterocycles. The van der Waals surface area contributed by atoms with Crippen LogP contribution in [0.25, 0.3) is 0 Å². The summed E-state index contributed by atoms with van der Waals surface area (Å²) in [5.74, 6) is -2.72. The fourth-order valence-corrected chi connectivity index (χ4v) is 10.0. The summed E-state index contributed by atoms with van der Waals surface area (Å²) in [7, 11) is 0. The molecule has 0 saturated carbocycles. The van der Waals surface area contributed by atoms with Crippen molar-refractivity contribution in [2.24, 2.45) is 47.3 Å². The fourth-order valence-electron chi connectivity index (χ4n) is 9.83. The molecule has 15 atom stereocenters. The van der Waals surface area contributed by atoms with Crippen molar-refractivity contribution in [3.63, 3.8) is 0 Å². The maximum Gasteiger partial charge on any atom is 0.309 e. The number of rotatable bonds is 10. The first-order valence-corrected chi connectivity index (χ1v) is 27.6. The molecule has 0 aromatic heterocycles. The summed E-state index contributed by atoms with van der Waals surface area (Å²) in [6.45, 7) is 24.0. The molecule has 0 spiro atoms. The van der Waals surface area contributed by atoms with Gasteiger partial charge in [-0.15, -0.1) is 11.6 Å². The van der Waals surface area contributed by atoms with E-state index in [1.165, 1.54) is 39.0 Å². The highest BCUT2D eigenvalue weighted by atomic mass is 35.5. The lowest BCUT2D eigenvalue weighted by atomic mass is 9.79. The van der Waals surface area contributed by atoms with Crippen LogP contribution in [-0.4, -0.2) is 79.3 Å². The Bertz CT molecular complexity index is 2380. The molecule has 6 N–H and O–H groups in total. The summed E-state index contributed by atoms with van der Waals surface area (Å²) in [5, 5.41) is 46.1. The van der Waals surface area contributed by atoms with Gasteiger partial charge >= 0.3 is 23.9 Å². The quantitative estimate of drug-likeness (QED) is 0.0554. The molecule has 3 aromatic rings. The number of carbonyl (C=O) groups excluding carboxylic acids is 1. The number of benzene rings is 3. The topological polar surface area (TPSA) is 218 Å². The highest BCUT2D eigenvalue weighted by Crippen LogP contribution is 2.38. The molecule has 1 heterocycles. The van der Waals surface area contributed by atoms with Crippen LogP contribution in [-0.2, 0) is 41.1 Å². The smallest absolute Gasteiger partial charge is 0.309 e. The number of alkyl halides is 1. The molecule has 452 valence electrons. The monoisotopic (exact) mass is 1190 g/mol. The van der Waals surface area contributed by atoms with E-state index in [2.05, 4.69) is 114 Å². The number of aliphatic hydroxyl groups is 2. The third-order valence-corrected chi connectivity index (χ3v) is 15.7. The summed E-state index contributed by atoms with van der Waals surface area (Å²) in [5.41, 5.74) is 12.4. The normalized spacial score (nSPS) is 24.2. The number of carbonyl (C=O) groups is 4. The van der Waals surface area contributed by atoms with Crippen molar-refractivity contribution in [2.75, 3.05) is 0 Å². The molecule has 0 radical (unpaired) electrons. The summed E-state index contributed by atoms with van der Waals surface area (Å²) in [4.78, 5) is 43.8. The van der Waals surface area contributed by atoms with Crippen LogP contribution in [0.3, 0.4) is 0 Å². The van der Waals surface area contributed by atoms with Crippen LogP contribution in [0, 0.1) is 75.0 Å². The summed E-state index contributed by atoms with van der Waals surface area (Å²) < 4.78 is 11.3. The SMILES string of the molecule is CC1=C[C@@H]2OC(=O)[C@@H](C)[C@@H]2CC1.CC1=C[C@H](O)[C@H]([C@H](C)C(=O)O)CC1.CC1=C[C@H](O)[C@H]([C@H](C)C(=O)O)CC1.CC1=C[C@H](OCc2ccc(C)cc2)[C@H]([C@H](C)C(=O)O)CC1.Cc1ccc(C)cc1.Cc1ccc(CCl)cc1.P.P.P.[HH].[OH-]. The van der Waals surface area contributed by atoms with Gasteiger partial charge in [0.05, 0.1) is 48.6 Å². The molecule has 1 aliphatic heterocycles. The Labute approximate surface area is 495 Å². The van der Waals surface area contributed by atoms with Crippen molar-refractivity contribution in [1.29, 1.82) is 0 Å². The first-order chi connectivity index (χ1) is 35.8. The number of aliphatic carboxylic acids is 3. The van der Waals surface area contributed by atoms with Crippen molar-refractivity contribution in [2.45, 2.75) is 171 Å². The zero-order valence-corrected chi connectivity index (χ0v) is 54.9. The van der Waals surface area contributed by atoms with Gasteiger partial charge in [-0.2, -0.15) is 29.7 Å². The zero-order chi connectivity index (χ0) is 56.8. The van der Waals surface area contributed by atoms with E-state index in [1.54, 1.807) is 32.9 Å². The maximum atomic E-state index is 11.3. The van der Waals surface area contributed by atoms with Crippen molar-refractivity contribution in [3.05, 3.63) is 153 Å². The Balaban J connectivity index is -0.000000914. The number of aliphatic hydroxyl groups excluding tert-OH is 2. The summed E-state index contributed by atoms with van der Waals surface area (Å²) >= 11 is 5.58. The van der Waals surface area contributed by atoms with Gasteiger partial charge in [0.1, 0.15) is 6.10 Å². The maximum absolute atomic E-state index is 11.3.